The van der Waals surface area contributed by atoms with Gasteiger partial charge >= 0.3 is 0 Å². The van der Waals surface area contributed by atoms with Crippen LogP contribution in [0.15, 0.2) is 12.1 Å². The second kappa shape index (κ2) is 12.5. The molecule has 1 aromatic carbocycles. The van der Waals surface area contributed by atoms with E-state index in [2.05, 4.69) is 17.1 Å². The Labute approximate surface area is 173 Å². The number of nitrogen functional groups attached to an aromatic ring is 1. The van der Waals surface area contributed by atoms with Gasteiger partial charge in [-0.1, -0.05) is 18.0 Å². The first kappa shape index (κ1) is 25.1. The summed E-state index contributed by atoms with van der Waals surface area (Å²) in [4.78, 5) is 14.9. The number of anilines is 1. The molecule has 1 aliphatic rings. The zero-order valence-electron chi connectivity index (χ0n) is 15.4. The number of piperidine rings is 1. The van der Waals surface area contributed by atoms with Crippen LogP contribution >= 0.6 is 36.4 Å². The number of unbranched alkanes of at least 4 members (excludes halogenated alkanes) is 1. The van der Waals surface area contributed by atoms with E-state index >= 15 is 0 Å². The van der Waals surface area contributed by atoms with Gasteiger partial charge < -0.3 is 20.7 Å². The van der Waals surface area contributed by atoms with E-state index in [9.17, 15) is 4.79 Å². The van der Waals surface area contributed by atoms with Gasteiger partial charge in [0.2, 0.25) is 0 Å². The number of halogens is 3. The predicted octanol–water partition coefficient (Wildman–Crippen LogP) is 4.16. The molecule has 0 saturated carbocycles. The number of carbonyl (C=O) groups excluding carboxylic acids is 1. The van der Waals surface area contributed by atoms with Crippen LogP contribution in [0.1, 0.15) is 49.4 Å². The van der Waals surface area contributed by atoms with Crippen molar-refractivity contribution in [3.63, 3.8) is 0 Å². The van der Waals surface area contributed by atoms with Crippen LogP contribution < -0.4 is 15.8 Å². The highest BCUT2D eigenvalue weighted by molar-refractivity contribution is 6.33. The molecule has 8 heteroatoms. The number of methoxy groups -OCH3 is 1. The normalized spacial score (nSPS) is 17.0. The van der Waals surface area contributed by atoms with Crippen molar-refractivity contribution in [1.82, 2.24) is 10.2 Å². The molecule has 1 amide bonds. The predicted molar refractivity (Wildman–Crippen MR) is 113 cm³/mol. The summed E-state index contributed by atoms with van der Waals surface area (Å²) in [6.07, 6.45) is 6.00. The molecule has 1 fully saturated rings. The molecule has 150 valence electrons. The Bertz CT molecular complexity index is 573. The minimum atomic E-state index is -0.180. The second-order valence-corrected chi connectivity index (χ2v) is 6.82. The summed E-state index contributed by atoms with van der Waals surface area (Å²) in [7, 11) is 1.51. The average Bonchev–Trinajstić information content (AvgIpc) is 2.58. The van der Waals surface area contributed by atoms with Crippen molar-refractivity contribution < 1.29 is 9.53 Å². The number of nitrogens with one attached hydrogen (secondary N) is 1. The number of likely N-dealkylation sites (tertiary alicyclic amines) is 1. The number of carbonyl (C=O) groups is 1. The van der Waals surface area contributed by atoms with Crippen molar-refractivity contribution in [2.75, 3.05) is 32.5 Å². The van der Waals surface area contributed by atoms with Crippen LogP contribution in [0, 0.1) is 0 Å². The van der Waals surface area contributed by atoms with Crippen LogP contribution in [0.2, 0.25) is 5.02 Å². The first-order valence-electron chi connectivity index (χ1n) is 8.68. The zero-order chi connectivity index (χ0) is 17.5. The Balaban J connectivity index is 0.00000312. The van der Waals surface area contributed by atoms with Gasteiger partial charge in [-0.15, -0.1) is 24.8 Å². The summed E-state index contributed by atoms with van der Waals surface area (Å²) >= 11 is 6.00. The fraction of sp³-hybridized carbons (Fsp3) is 0.611. The summed E-state index contributed by atoms with van der Waals surface area (Å²) in [5, 5.41) is 3.29. The summed E-state index contributed by atoms with van der Waals surface area (Å²) in [5.41, 5.74) is 6.56. The van der Waals surface area contributed by atoms with Crippen LogP contribution in [0.3, 0.4) is 0 Å². The van der Waals surface area contributed by atoms with Gasteiger partial charge in [-0.3, -0.25) is 4.79 Å². The van der Waals surface area contributed by atoms with Crippen LogP contribution in [0.25, 0.3) is 0 Å². The molecule has 0 aromatic heterocycles. The molecular formula is C18H30Cl3N3O2. The molecule has 1 atom stereocenters. The molecule has 0 bridgehead atoms. The molecule has 2 rings (SSSR count). The standard InChI is InChI=1S/C18H28ClN3O2.2ClH/c1-13-7-3-5-9-22(13)10-6-4-8-21-18(23)14-11-15(19)16(20)12-17(14)24-2;;/h11-13H,3-10,20H2,1-2H3,(H,21,23);2*1H. The summed E-state index contributed by atoms with van der Waals surface area (Å²) in [5.74, 6) is 0.261. The zero-order valence-corrected chi connectivity index (χ0v) is 17.8. The molecule has 5 nitrogen and oxygen atoms in total. The molecule has 0 spiro atoms. The lowest BCUT2D eigenvalue weighted by Crippen LogP contribution is -2.38. The molecule has 1 heterocycles. The van der Waals surface area contributed by atoms with Crippen molar-refractivity contribution in [3.8, 4) is 5.75 Å². The van der Waals surface area contributed by atoms with Crippen molar-refractivity contribution >= 4 is 48.0 Å². The summed E-state index contributed by atoms with van der Waals surface area (Å²) in [6.45, 7) is 5.26. The number of ether oxygens (including phenoxy) is 1. The maximum Gasteiger partial charge on any atom is 0.255 e. The maximum absolute atomic E-state index is 12.3. The molecule has 1 saturated heterocycles. The van der Waals surface area contributed by atoms with Gasteiger partial charge in [-0.25, -0.2) is 0 Å². The van der Waals surface area contributed by atoms with Crippen molar-refractivity contribution in [2.24, 2.45) is 0 Å². The van der Waals surface area contributed by atoms with Gasteiger partial charge in [0.05, 0.1) is 23.4 Å². The Morgan fingerprint density at radius 3 is 2.73 bits per heavy atom. The van der Waals surface area contributed by atoms with Crippen LogP contribution in [0.4, 0.5) is 5.69 Å². The van der Waals surface area contributed by atoms with E-state index in [1.54, 1.807) is 12.1 Å². The minimum absolute atomic E-state index is 0. The van der Waals surface area contributed by atoms with Gasteiger partial charge in [-0.2, -0.15) is 0 Å². The monoisotopic (exact) mass is 425 g/mol. The number of nitrogens with zero attached hydrogens (tertiary/aromatic N) is 1. The molecule has 26 heavy (non-hydrogen) atoms. The van der Waals surface area contributed by atoms with Crippen molar-refractivity contribution in [3.05, 3.63) is 22.7 Å². The Hall–Kier alpha value is -0.880. The largest absolute Gasteiger partial charge is 0.496 e. The third-order valence-corrected chi connectivity index (χ3v) is 4.99. The topological polar surface area (TPSA) is 67.6 Å². The molecule has 0 aliphatic carbocycles. The number of nitrogens with two attached hydrogens (primary N) is 1. The molecule has 1 aromatic rings. The van der Waals surface area contributed by atoms with E-state index in [0.717, 1.165) is 19.4 Å². The van der Waals surface area contributed by atoms with E-state index < -0.39 is 0 Å². The number of amides is 1. The fourth-order valence-electron chi connectivity index (χ4n) is 3.14. The third-order valence-electron chi connectivity index (χ3n) is 4.66. The van der Waals surface area contributed by atoms with Gasteiger partial charge in [0, 0.05) is 18.7 Å². The molecular weight excluding hydrogens is 397 g/mol. The van der Waals surface area contributed by atoms with E-state index in [4.69, 9.17) is 22.1 Å². The maximum atomic E-state index is 12.3. The number of rotatable bonds is 7. The van der Waals surface area contributed by atoms with Gasteiger partial charge in [0.1, 0.15) is 5.75 Å². The lowest BCUT2D eigenvalue weighted by molar-refractivity contribution is 0.0948. The highest BCUT2D eigenvalue weighted by Crippen LogP contribution is 2.28. The first-order valence-corrected chi connectivity index (χ1v) is 9.06. The minimum Gasteiger partial charge on any atom is -0.496 e. The SMILES string of the molecule is COc1cc(N)c(Cl)cc1C(=O)NCCCCN1CCCCC1C.Cl.Cl. The van der Waals surface area contributed by atoms with E-state index in [-0.39, 0.29) is 30.7 Å². The summed E-state index contributed by atoms with van der Waals surface area (Å²) in [6, 6.07) is 3.82. The number of benzene rings is 1. The second-order valence-electron chi connectivity index (χ2n) is 6.42. The van der Waals surface area contributed by atoms with Gasteiger partial charge in [0.25, 0.3) is 5.91 Å². The summed E-state index contributed by atoms with van der Waals surface area (Å²) < 4.78 is 5.21. The van der Waals surface area contributed by atoms with Crippen molar-refractivity contribution in [1.29, 1.82) is 0 Å². The smallest absolute Gasteiger partial charge is 0.255 e. The van der Waals surface area contributed by atoms with E-state index in [0.29, 0.717) is 34.6 Å². The molecule has 0 radical (unpaired) electrons. The highest BCUT2D eigenvalue weighted by atomic mass is 35.5. The fourth-order valence-corrected chi connectivity index (χ4v) is 3.31. The molecule has 1 unspecified atom stereocenters. The van der Waals surface area contributed by atoms with Crippen molar-refractivity contribution in [2.45, 2.75) is 45.1 Å². The van der Waals surface area contributed by atoms with Gasteiger partial charge in [0.15, 0.2) is 0 Å². The Morgan fingerprint density at radius 1 is 1.35 bits per heavy atom. The van der Waals surface area contributed by atoms with Crippen LogP contribution in [-0.2, 0) is 0 Å². The first-order chi connectivity index (χ1) is 11.5. The number of hydrogen-bond acceptors (Lipinski definition) is 4. The third kappa shape index (κ3) is 7.03. The van der Waals surface area contributed by atoms with E-state index in [1.165, 1.54) is 32.9 Å². The highest BCUT2D eigenvalue weighted by Gasteiger charge is 2.17. The van der Waals surface area contributed by atoms with Gasteiger partial charge in [-0.05, 0) is 51.8 Å². The van der Waals surface area contributed by atoms with Crippen LogP contribution in [-0.4, -0.2) is 43.6 Å². The molecule has 1 aliphatic heterocycles. The Morgan fingerprint density at radius 2 is 2.08 bits per heavy atom. The average molecular weight is 427 g/mol. The lowest BCUT2D eigenvalue weighted by Gasteiger charge is -2.33. The Kier molecular flexibility index (Phi) is 12.1. The lowest BCUT2D eigenvalue weighted by atomic mass is 10.0. The van der Waals surface area contributed by atoms with E-state index in [1.807, 2.05) is 0 Å². The van der Waals surface area contributed by atoms with Crippen LogP contribution in [0.5, 0.6) is 5.75 Å². The quantitative estimate of drug-likeness (QED) is 0.507. The number of hydrogen-bond donors (Lipinski definition) is 2. The molecule has 3 N–H and O–H groups in total.